The highest BCUT2D eigenvalue weighted by Crippen LogP contribution is 2.29. The van der Waals surface area contributed by atoms with Crippen LogP contribution in [0.1, 0.15) is 52.4 Å². The summed E-state index contributed by atoms with van der Waals surface area (Å²) in [6.45, 7) is 8.24. The molecule has 0 spiro atoms. The van der Waals surface area contributed by atoms with Crippen molar-refractivity contribution in [1.29, 1.82) is 0 Å². The van der Waals surface area contributed by atoms with Crippen LogP contribution in [0.5, 0.6) is 0 Å². The molecule has 2 heterocycles. The number of aryl methyl sites for hydroxylation is 2. The minimum absolute atomic E-state index is 0.179. The zero-order chi connectivity index (χ0) is 25.4. The molecule has 0 saturated heterocycles. The quantitative estimate of drug-likeness (QED) is 0.302. The van der Waals surface area contributed by atoms with Gasteiger partial charge in [0.1, 0.15) is 16.9 Å². The molecular weight excluding hydrogens is 448 g/mol. The number of amides is 1. The largest absolute Gasteiger partial charge is 0.383 e. The lowest BCUT2D eigenvalue weighted by Crippen LogP contribution is -2.15. The van der Waals surface area contributed by atoms with Crippen molar-refractivity contribution in [1.82, 2.24) is 14.6 Å². The molecule has 5 rings (SSSR count). The summed E-state index contributed by atoms with van der Waals surface area (Å²) in [6, 6.07) is 21.6. The van der Waals surface area contributed by atoms with Crippen LogP contribution >= 0.6 is 0 Å². The molecule has 0 unspecified atom stereocenters. The van der Waals surface area contributed by atoms with E-state index in [1.165, 1.54) is 10.2 Å². The van der Waals surface area contributed by atoms with E-state index in [0.29, 0.717) is 28.1 Å². The topological polar surface area (TPSA) is 98.2 Å². The summed E-state index contributed by atoms with van der Waals surface area (Å²) in [5.41, 5.74) is 13.9. The molecule has 0 aliphatic heterocycles. The highest BCUT2D eigenvalue weighted by atomic mass is 16.1. The first-order valence-electron chi connectivity index (χ1n) is 11.9. The van der Waals surface area contributed by atoms with E-state index in [-0.39, 0.29) is 17.3 Å². The van der Waals surface area contributed by atoms with E-state index < -0.39 is 0 Å². The van der Waals surface area contributed by atoms with Crippen LogP contribution < -0.4 is 11.1 Å². The number of nitrogen functional groups attached to an aromatic ring is 1. The number of hydrogen-bond acceptors (Lipinski definition) is 5. The maximum atomic E-state index is 13.5. The molecule has 2 aromatic heterocycles. The fourth-order valence-electron chi connectivity index (χ4n) is 4.13. The molecule has 0 aliphatic carbocycles. The molecule has 5 aromatic rings. The van der Waals surface area contributed by atoms with Gasteiger partial charge >= 0.3 is 0 Å². The highest BCUT2D eigenvalue weighted by molar-refractivity contribution is 6.16. The number of nitrogens with one attached hydrogen (secondary N) is 1. The summed E-state index contributed by atoms with van der Waals surface area (Å²) in [6.07, 6.45) is 1.71. The Labute approximate surface area is 209 Å². The van der Waals surface area contributed by atoms with Crippen molar-refractivity contribution in [3.05, 3.63) is 94.5 Å². The molecule has 36 heavy (non-hydrogen) atoms. The predicted molar refractivity (Wildman–Crippen MR) is 147 cm³/mol. The van der Waals surface area contributed by atoms with Crippen molar-refractivity contribution in [3.8, 4) is 0 Å². The zero-order valence-corrected chi connectivity index (χ0v) is 20.8. The lowest BCUT2D eigenvalue weighted by molar-refractivity contribution is 0.102. The predicted octanol–water partition coefficient (Wildman–Crippen LogP) is 6.04. The molecule has 0 fully saturated rings. The molecule has 3 N–H and O–H groups in total. The summed E-state index contributed by atoms with van der Waals surface area (Å²) in [4.78, 5) is 23.0. The summed E-state index contributed by atoms with van der Waals surface area (Å²) in [5, 5.41) is 7.61. The minimum Gasteiger partial charge on any atom is -0.383 e. The van der Waals surface area contributed by atoms with E-state index in [9.17, 15) is 4.79 Å². The molecule has 0 bridgehead atoms. The number of rotatable bonds is 5. The Morgan fingerprint density at radius 2 is 1.69 bits per heavy atom. The summed E-state index contributed by atoms with van der Waals surface area (Å²) in [5.74, 6) is 0.269. The second-order valence-corrected chi connectivity index (χ2v) is 9.30. The second kappa shape index (κ2) is 9.26. The lowest BCUT2D eigenvalue weighted by Gasteiger charge is -2.09. The van der Waals surface area contributed by atoms with Crippen molar-refractivity contribution < 1.29 is 4.79 Å². The number of aromatic nitrogens is 3. The Morgan fingerprint density at radius 3 is 2.39 bits per heavy atom. The van der Waals surface area contributed by atoms with Gasteiger partial charge in [0.25, 0.3) is 5.91 Å². The van der Waals surface area contributed by atoms with Crippen LogP contribution in [0.25, 0.3) is 22.2 Å². The molecule has 7 heteroatoms. The minimum atomic E-state index is -0.356. The molecule has 0 atom stereocenters. The Kier molecular flexibility index (Phi) is 5.98. The van der Waals surface area contributed by atoms with Crippen LogP contribution in [-0.4, -0.2) is 26.8 Å². The first-order chi connectivity index (χ1) is 17.3. The Balaban J connectivity index is 1.63. The Bertz CT molecular complexity index is 1630. The van der Waals surface area contributed by atoms with E-state index in [0.717, 1.165) is 22.4 Å². The number of anilines is 2. The molecule has 0 saturated carbocycles. The van der Waals surface area contributed by atoms with Crippen LogP contribution in [0.2, 0.25) is 0 Å². The van der Waals surface area contributed by atoms with Gasteiger partial charge in [-0.2, -0.15) is 9.78 Å². The molecule has 3 aromatic carbocycles. The third-order valence-electron chi connectivity index (χ3n) is 6.27. The molecular formula is C29H28N6O. The van der Waals surface area contributed by atoms with Crippen LogP contribution in [0.4, 0.5) is 11.5 Å². The molecule has 7 nitrogen and oxygen atoms in total. The Morgan fingerprint density at radius 1 is 1.00 bits per heavy atom. The van der Waals surface area contributed by atoms with Crippen molar-refractivity contribution in [2.24, 2.45) is 5.10 Å². The zero-order valence-electron chi connectivity index (χ0n) is 20.8. The van der Waals surface area contributed by atoms with Gasteiger partial charge in [0.05, 0.1) is 17.2 Å². The second-order valence-electron chi connectivity index (χ2n) is 9.30. The summed E-state index contributed by atoms with van der Waals surface area (Å²) in [7, 11) is 0. The number of para-hydroxylation sites is 2. The molecule has 180 valence electrons. The fraction of sp³-hybridized carbons (Fsp3) is 0.172. The van der Waals surface area contributed by atoms with Gasteiger partial charge in [-0.3, -0.25) is 4.79 Å². The van der Waals surface area contributed by atoms with Gasteiger partial charge in [0.15, 0.2) is 5.65 Å². The average molecular weight is 477 g/mol. The number of carbonyl (C=O) groups is 1. The number of fused-ring (bicyclic) bond motifs is 2. The normalized spacial score (nSPS) is 11.7. The van der Waals surface area contributed by atoms with Crippen molar-refractivity contribution in [3.63, 3.8) is 0 Å². The first kappa shape index (κ1) is 23.2. The number of benzene rings is 3. The van der Waals surface area contributed by atoms with E-state index in [4.69, 9.17) is 15.7 Å². The summed E-state index contributed by atoms with van der Waals surface area (Å²) >= 11 is 0. The van der Waals surface area contributed by atoms with Gasteiger partial charge in [-0.05, 0) is 60.2 Å². The van der Waals surface area contributed by atoms with Gasteiger partial charge in [-0.25, -0.2) is 9.97 Å². The highest BCUT2D eigenvalue weighted by Gasteiger charge is 2.24. The van der Waals surface area contributed by atoms with Crippen molar-refractivity contribution in [2.75, 3.05) is 11.1 Å². The van der Waals surface area contributed by atoms with Gasteiger partial charge in [-0.15, -0.1) is 0 Å². The SMILES string of the molecule is Cc1ccc(C)c(NC(=O)c2c(N)n(N=Cc3ccc(C(C)C)cc3)c3nc4ccccc4nc23)c1. The third kappa shape index (κ3) is 4.31. The number of nitrogens with two attached hydrogens (primary N) is 1. The van der Waals surface area contributed by atoms with Gasteiger partial charge in [-0.1, -0.05) is 62.4 Å². The smallest absolute Gasteiger partial charge is 0.261 e. The first-order valence-corrected chi connectivity index (χ1v) is 11.9. The standard InChI is InChI=1S/C29H28N6O/c1-17(2)21-13-11-20(12-14-21)16-31-35-27(30)25(29(36)34-24-15-18(3)9-10-19(24)4)26-28(35)33-23-8-6-5-7-22(23)32-26/h5-17H,30H2,1-4H3,(H,34,36). The van der Waals surface area contributed by atoms with E-state index in [1.807, 2.05) is 68.4 Å². The third-order valence-corrected chi connectivity index (χ3v) is 6.27. The van der Waals surface area contributed by atoms with Gasteiger partial charge in [0, 0.05) is 5.69 Å². The molecule has 0 radical (unpaired) electrons. The van der Waals surface area contributed by atoms with Crippen LogP contribution in [0, 0.1) is 13.8 Å². The van der Waals surface area contributed by atoms with Gasteiger partial charge < -0.3 is 11.1 Å². The number of nitrogens with zero attached hydrogens (tertiary/aromatic N) is 4. The molecule has 1 amide bonds. The van der Waals surface area contributed by atoms with Crippen LogP contribution in [-0.2, 0) is 0 Å². The maximum Gasteiger partial charge on any atom is 0.261 e. The fourth-order valence-corrected chi connectivity index (χ4v) is 4.13. The van der Waals surface area contributed by atoms with E-state index >= 15 is 0 Å². The monoisotopic (exact) mass is 476 g/mol. The average Bonchev–Trinajstić information content (AvgIpc) is 3.13. The van der Waals surface area contributed by atoms with Crippen molar-refractivity contribution >= 4 is 45.8 Å². The number of carbonyl (C=O) groups excluding carboxylic acids is 1. The molecule has 0 aliphatic rings. The van der Waals surface area contributed by atoms with E-state index in [1.54, 1.807) is 6.21 Å². The number of hydrogen-bond donors (Lipinski definition) is 2. The van der Waals surface area contributed by atoms with Crippen molar-refractivity contribution in [2.45, 2.75) is 33.6 Å². The van der Waals surface area contributed by atoms with Gasteiger partial charge in [0.2, 0.25) is 0 Å². The summed E-state index contributed by atoms with van der Waals surface area (Å²) < 4.78 is 1.49. The maximum absolute atomic E-state index is 13.5. The van der Waals surface area contributed by atoms with Crippen LogP contribution in [0.15, 0.2) is 71.8 Å². The lowest BCUT2D eigenvalue weighted by atomic mass is 10.0. The van der Waals surface area contributed by atoms with E-state index in [2.05, 4.69) is 36.4 Å². The van der Waals surface area contributed by atoms with Crippen LogP contribution in [0.3, 0.4) is 0 Å². The Hall–Kier alpha value is -4.52.